The van der Waals surface area contributed by atoms with Gasteiger partial charge in [0.15, 0.2) is 11.7 Å². The minimum absolute atomic E-state index is 0. The van der Waals surface area contributed by atoms with Crippen LogP contribution in [-0.4, -0.2) is 56.7 Å². The number of nitrogens with zero attached hydrogens (tertiary/aromatic N) is 3. The molecule has 29 heavy (non-hydrogen) atoms. The van der Waals surface area contributed by atoms with Gasteiger partial charge in [-0.05, 0) is 44.4 Å². The van der Waals surface area contributed by atoms with Crippen LogP contribution in [0.1, 0.15) is 0 Å². The van der Waals surface area contributed by atoms with Gasteiger partial charge in [-0.2, -0.15) is 0 Å². The number of anilines is 1. The number of halogens is 2. The van der Waals surface area contributed by atoms with Gasteiger partial charge in [-0.1, -0.05) is 17.4 Å². The normalized spacial score (nSPS) is 10.7. The molecule has 0 bridgehead atoms. The highest BCUT2D eigenvalue weighted by Gasteiger charge is 2.20. The van der Waals surface area contributed by atoms with Gasteiger partial charge in [0.05, 0.1) is 17.3 Å². The molecule has 0 aliphatic rings. The number of hydrogen-bond donors (Lipinski definition) is 0. The van der Waals surface area contributed by atoms with E-state index >= 15 is 0 Å². The van der Waals surface area contributed by atoms with E-state index in [1.165, 1.54) is 23.5 Å². The molecule has 0 radical (unpaired) electrons. The molecule has 0 aliphatic carbocycles. The van der Waals surface area contributed by atoms with Crippen molar-refractivity contribution in [2.24, 2.45) is 0 Å². The number of hydrogen-bond acceptors (Lipinski definition) is 6. The summed E-state index contributed by atoms with van der Waals surface area (Å²) < 4.78 is 25.0. The number of carbonyl (C=O) groups excluding carboxylic acids is 1. The Labute approximate surface area is 179 Å². The first-order valence-corrected chi connectivity index (χ1v) is 9.56. The summed E-state index contributed by atoms with van der Waals surface area (Å²) >= 11 is 1.29. The number of fused-ring (bicyclic) bond motifs is 1. The molecule has 0 spiro atoms. The second kappa shape index (κ2) is 10.4. The molecule has 2 aromatic carbocycles. The van der Waals surface area contributed by atoms with Gasteiger partial charge < -0.3 is 14.4 Å². The number of benzene rings is 2. The van der Waals surface area contributed by atoms with Crippen LogP contribution in [0.5, 0.6) is 11.5 Å². The molecule has 3 aromatic rings. The summed E-state index contributed by atoms with van der Waals surface area (Å²) in [5.74, 6) is 0.661. The van der Waals surface area contributed by atoms with Crippen molar-refractivity contribution >= 4 is 45.0 Å². The standard InChI is InChI=1S/C20H22FN3O3S.ClH/c1-23(2)9-10-24(20-22-17-8-7-14(21)11-18(17)28-20)19(25)13-27-16-6-4-5-15(12-16)26-3;/h4-8,11-12H,9-10,13H2,1-3H3;1H. The Hall–Kier alpha value is -2.42. The van der Waals surface area contributed by atoms with Gasteiger partial charge >= 0.3 is 0 Å². The molecule has 0 N–H and O–H groups in total. The van der Waals surface area contributed by atoms with E-state index in [9.17, 15) is 9.18 Å². The van der Waals surface area contributed by atoms with Crippen LogP contribution in [0.2, 0.25) is 0 Å². The van der Waals surface area contributed by atoms with Crippen molar-refractivity contribution in [3.05, 3.63) is 48.3 Å². The van der Waals surface area contributed by atoms with Crippen LogP contribution in [0.15, 0.2) is 42.5 Å². The molecule has 0 saturated carbocycles. The first-order chi connectivity index (χ1) is 13.5. The third-order valence-corrected chi connectivity index (χ3v) is 5.09. The molecule has 0 fully saturated rings. The predicted molar refractivity (Wildman–Crippen MR) is 116 cm³/mol. The molecule has 0 unspecified atom stereocenters. The summed E-state index contributed by atoms with van der Waals surface area (Å²) in [4.78, 5) is 20.9. The fourth-order valence-electron chi connectivity index (χ4n) is 2.54. The van der Waals surface area contributed by atoms with Gasteiger partial charge in [0.1, 0.15) is 17.3 Å². The molecular weight excluding hydrogens is 417 g/mol. The Morgan fingerprint density at radius 1 is 1.14 bits per heavy atom. The molecular formula is C20H23ClFN3O3S. The van der Waals surface area contributed by atoms with E-state index in [1.807, 2.05) is 19.0 Å². The zero-order valence-electron chi connectivity index (χ0n) is 16.4. The maximum Gasteiger partial charge on any atom is 0.266 e. The van der Waals surface area contributed by atoms with Crippen LogP contribution < -0.4 is 14.4 Å². The van der Waals surface area contributed by atoms with E-state index in [0.717, 1.165) is 0 Å². The largest absolute Gasteiger partial charge is 0.497 e. The number of aromatic nitrogens is 1. The van der Waals surface area contributed by atoms with Crippen LogP contribution in [0.3, 0.4) is 0 Å². The summed E-state index contributed by atoms with van der Waals surface area (Å²) in [5, 5.41) is 0.529. The third-order valence-electron chi connectivity index (χ3n) is 4.05. The fraction of sp³-hybridized carbons (Fsp3) is 0.300. The molecule has 156 valence electrons. The summed E-state index contributed by atoms with van der Waals surface area (Å²) in [7, 11) is 5.44. The zero-order valence-corrected chi connectivity index (χ0v) is 18.1. The summed E-state index contributed by atoms with van der Waals surface area (Å²) in [6.07, 6.45) is 0. The van der Waals surface area contributed by atoms with Crippen molar-refractivity contribution in [2.75, 3.05) is 45.8 Å². The van der Waals surface area contributed by atoms with Gasteiger partial charge in [0, 0.05) is 19.2 Å². The summed E-state index contributed by atoms with van der Waals surface area (Å²) in [5.41, 5.74) is 0.665. The van der Waals surface area contributed by atoms with E-state index in [0.29, 0.717) is 39.9 Å². The average molecular weight is 440 g/mol. The summed E-state index contributed by atoms with van der Waals surface area (Å²) in [6.45, 7) is 0.982. The number of methoxy groups -OCH3 is 1. The Morgan fingerprint density at radius 2 is 1.90 bits per heavy atom. The van der Waals surface area contributed by atoms with Gasteiger partial charge in [-0.15, -0.1) is 12.4 Å². The maximum atomic E-state index is 13.5. The Morgan fingerprint density at radius 3 is 2.62 bits per heavy atom. The van der Waals surface area contributed by atoms with Crippen molar-refractivity contribution in [1.29, 1.82) is 0 Å². The van der Waals surface area contributed by atoms with Crippen LogP contribution in [-0.2, 0) is 4.79 Å². The Balaban J connectivity index is 0.00000300. The van der Waals surface area contributed by atoms with Crippen molar-refractivity contribution < 1.29 is 18.7 Å². The van der Waals surface area contributed by atoms with E-state index in [-0.39, 0.29) is 30.7 Å². The lowest BCUT2D eigenvalue weighted by molar-refractivity contribution is -0.120. The Bertz CT molecular complexity index is 967. The zero-order chi connectivity index (χ0) is 20.1. The van der Waals surface area contributed by atoms with Gasteiger partial charge in [-0.3, -0.25) is 9.69 Å². The molecule has 9 heteroatoms. The van der Waals surface area contributed by atoms with E-state index < -0.39 is 0 Å². The molecule has 1 aromatic heterocycles. The first kappa shape index (κ1) is 22.9. The average Bonchev–Trinajstić information content (AvgIpc) is 3.09. The molecule has 1 heterocycles. The molecule has 3 rings (SSSR count). The van der Waals surface area contributed by atoms with E-state index in [2.05, 4.69) is 4.98 Å². The maximum absolute atomic E-state index is 13.5. The lowest BCUT2D eigenvalue weighted by atomic mass is 10.3. The third kappa shape index (κ3) is 6.03. The van der Waals surface area contributed by atoms with Crippen LogP contribution in [0, 0.1) is 5.82 Å². The van der Waals surface area contributed by atoms with Crippen LogP contribution in [0.4, 0.5) is 9.52 Å². The van der Waals surface area contributed by atoms with Crippen LogP contribution >= 0.6 is 23.7 Å². The lowest BCUT2D eigenvalue weighted by Gasteiger charge is -2.22. The number of thiazole rings is 1. The second-order valence-corrected chi connectivity index (χ2v) is 7.43. The van der Waals surface area contributed by atoms with Gasteiger partial charge in [0.25, 0.3) is 5.91 Å². The number of ether oxygens (including phenoxy) is 2. The van der Waals surface area contributed by atoms with Gasteiger partial charge in [0.2, 0.25) is 0 Å². The topological polar surface area (TPSA) is 54.9 Å². The number of likely N-dealkylation sites (N-methyl/N-ethyl adjacent to an activating group) is 1. The molecule has 0 aliphatic heterocycles. The van der Waals surface area contributed by atoms with E-state index in [1.54, 1.807) is 42.3 Å². The van der Waals surface area contributed by atoms with Crippen molar-refractivity contribution in [3.8, 4) is 11.5 Å². The van der Waals surface area contributed by atoms with Gasteiger partial charge in [-0.25, -0.2) is 9.37 Å². The highest BCUT2D eigenvalue weighted by atomic mass is 35.5. The molecule has 0 saturated heterocycles. The van der Waals surface area contributed by atoms with Crippen molar-refractivity contribution in [3.63, 3.8) is 0 Å². The number of carbonyl (C=O) groups is 1. The lowest BCUT2D eigenvalue weighted by Crippen LogP contribution is -2.39. The van der Waals surface area contributed by atoms with E-state index in [4.69, 9.17) is 9.47 Å². The fourth-order valence-corrected chi connectivity index (χ4v) is 3.58. The highest BCUT2D eigenvalue weighted by molar-refractivity contribution is 7.22. The quantitative estimate of drug-likeness (QED) is 0.533. The first-order valence-electron chi connectivity index (χ1n) is 8.74. The van der Waals surface area contributed by atoms with Crippen LogP contribution in [0.25, 0.3) is 10.2 Å². The predicted octanol–water partition coefficient (Wildman–Crippen LogP) is 3.84. The molecule has 0 atom stereocenters. The monoisotopic (exact) mass is 439 g/mol. The smallest absolute Gasteiger partial charge is 0.266 e. The SMILES string of the molecule is COc1cccc(OCC(=O)N(CCN(C)C)c2nc3ccc(F)cc3s2)c1.Cl. The molecule has 6 nitrogen and oxygen atoms in total. The Kier molecular flexibility index (Phi) is 8.19. The highest BCUT2D eigenvalue weighted by Crippen LogP contribution is 2.29. The van der Waals surface area contributed by atoms with Crippen molar-refractivity contribution in [2.45, 2.75) is 0 Å². The van der Waals surface area contributed by atoms with Crippen molar-refractivity contribution in [1.82, 2.24) is 9.88 Å². The minimum Gasteiger partial charge on any atom is -0.497 e. The number of rotatable bonds is 8. The minimum atomic E-state index is -0.324. The number of amides is 1. The summed E-state index contributed by atoms with van der Waals surface area (Å²) in [6, 6.07) is 11.5. The molecule has 1 amide bonds. The second-order valence-electron chi connectivity index (χ2n) is 6.42.